The first kappa shape index (κ1) is 14.8. The molecule has 2 aliphatic rings. The minimum atomic E-state index is -0.122. The first-order valence-corrected chi connectivity index (χ1v) is 7.75. The van der Waals surface area contributed by atoms with E-state index in [1.807, 2.05) is 0 Å². The molecule has 1 N–H and O–H groups in total. The van der Waals surface area contributed by atoms with Crippen LogP contribution in [-0.2, 0) is 9.53 Å². The zero-order valence-corrected chi connectivity index (χ0v) is 12.4. The SMILES string of the molecule is COC(=O)C(CCN(C)C1CCCCC1)NC1CC1. The first-order valence-electron chi connectivity index (χ1n) is 7.75. The topological polar surface area (TPSA) is 41.6 Å². The number of carbonyl (C=O) groups is 1. The second kappa shape index (κ2) is 7.25. The maximum absolute atomic E-state index is 11.8. The number of nitrogens with zero attached hydrogens (tertiary/aromatic N) is 1. The van der Waals surface area contributed by atoms with Crippen molar-refractivity contribution in [3.63, 3.8) is 0 Å². The normalized spacial score (nSPS) is 22.5. The third kappa shape index (κ3) is 4.77. The Morgan fingerprint density at radius 2 is 1.95 bits per heavy atom. The zero-order valence-electron chi connectivity index (χ0n) is 12.4. The maximum Gasteiger partial charge on any atom is 0.322 e. The Morgan fingerprint density at radius 3 is 2.53 bits per heavy atom. The lowest BCUT2D eigenvalue weighted by Crippen LogP contribution is -2.43. The number of hydrogen-bond acceptors (Lipinski definition) is 4. The van der Waals surface area contributed by atoms with E-state index in [-0.39, 0.29) is 12.0 Å². The van der Waals surface area contributed by atoms with Crippen molar-refractivity contribution in [2.45, 2.75) is 69.5 Å². The number of ether oxygens (including phenoxy) is 1. The Labute approximate surface area is 116 Å². The van der Waals surface area contributed by atoms with Gasteiger partial charge in [-0.25, -0.2) is 0 Å². The number of esters is 1. The molecular weight excluding hydrogens is 240 g/mol. The quantitative estimate of drug-likeness (QED) is 0.716. The molecule has 0 radical (unpaired) electrons. The maximum atomic E-state index is 11.8. The Kier molecular flexibility index (Phi) is 5.64. The van der Waals surface area contributed by atoms with E-state index in [0.29, 0.717) is 12.1 Å². The number of methoxy groups -OCH3 is 1. The van der Waals surface area contributed by atoms with Crippen LogP contribution in [-0.4, -0.2) is 49.7 Å². The Balaban J connectivity index is 1.74. The summed E-state index contributed by atoms with van der Waals surface area (Å²) in [7, 11) is 3.68. The predicted molar refractivity (Wildman–Crippen MR) is 76.1 cm³/mol. The lowest BCUT2D eigenvalue weighted by atomic mass is 9.94. The summed E-state index contributed by atoms with van der Waals surface area (Å²) in [5.41, 5.74) is 0. The molecule has 2 aliphatic carbocycles. The van der Waals surface area contributed by atoms with Gasteiger partial charge < -0.3 is 15.0 Å². The monoisotopic (exact) mass is 268 g/mol. The molecule has 4 heteroatoms. The second-order valence-electron chi connectivity index (χ2n) is 6.08. The van der Waals surface area contributed by atoms with Crippen LogP contribution in [0, 0.1) is 0 Å². The summed E-state index contributed by atoms with van der Waals surface area (Å²) >= 11 is 0. The van der Waals surface area contributed by atoms with Crippen LogP contribution >= 0.6 is 0 Å². The van der Waals surface area contributed by atoms with Gasteiger partial charge in [-0.05, 0) is 39.2 Å². The molecule has 0 saturated heterocycles. The van der Waals surface area contributed by atoms with Crippen molar-refractivity contribution < 1.29 is 9.53 Å². The van der Waals surface area contributed by atoms with Gasteiger partial charge in [-0.15, -0.1) is 0 Å². The number of rotatable bonds is 7. The van der Waals surface area contributed by atoms with Crippen LogP contribution in [0.15, 0.2) is 0 Å². The van der Waals surface area contributed by atoms with Crippen molar-refractivity contribution in [3.8, 4) is 0 Å². The minimum Gasteiger partial charge on any atom is -0.468 e. The lowest BCUT2D eigenvalue weighted by Gasteiger charge is -2.32. The van der Waals surface area contributed by atoms with Gasteiger partial charge in [-0.1, -0.05) is 19.3 Å². The molecule has 1 unspecified atom stereocenters. The van der Waals surface area contributed by atoms with Crippen molar-refractivity contribution >= 4 is 5.97 Å². The molecule has 0 aliphatic heterocycles. The van der Waals surface area contributed by atoms with E-state index >= 15 is 0 Å². The predicted octanol–water partition coefficient (Wildman–Crippen LogP) is 1.93. The summed E-state index contributed by atoms with van der Waals surface area (Å²) in [6, 6.07) is 1.14. The van der Waals surface area contributed by atoms with Gasteiger partial charge in [0.1, 0.15) is 6.04 Å². The highest BCUT2D eigenvalue weighted by Crippen LogP contribution is 2.23. The summed E-state index contributed by atoms with van der Waals surface area (Å²) in [6.45, 7) is 0.976. The van der Waals surface area contributed by atoms with Crippen LogP contribution < -0.4 is 5.32 Å². The van der Waals surface area contributed by atoms with E-state index in [9.17, 15) is 4.79 Å². The second-order valence-corrected chi connectivity index (χ2v) is 6.08. The van der Waals surface area contributed by atoms with E-state index in [1.54, 1.807) is 0 Å². The highest BCUT2D eigenvalue weighted by atomic mass is 16.5. The molecule has 1 atom stereocenters. The summed E-state index contributed by atoms with van der Waals surface area (Å²) < 4.78 is 4.90. The Morgan fingerprint density at radius 1 is 1.26 bits per heavy atom. The van der Waals surface area contributed by atoms with E-state index in [2.05, 4.69) is 17.3 Å². The highest BCUT2D eigenvalue weighted by Gasteiger charge is 2.29. The van der Waals surface area contributed by atoms with E-state index in [0.717, 1.165) is 13.0 Å². The van der Waals surface area contributed by atoms with Crippen LogP contribution in [0.5, 0.6) is 0 Å². The third-order valence-electron chi connectivity index (χ3n) is 4.47. The molecule has 0 aromatic heterocycles. The largest absolute Gasteiger partial charge is 0.468 e. The Bertz CT molecular complexity index is 286. The van der Waals surface area contributed by atoms with Gasteiger partial charge in [0.2, 0.25) is 0 Å². The van der Waals surface area contributed by atoms with Crippen LogP contribution in [0.4, 0.5) is 0 Å². The fraction of sp³-hybridized carbons (Fsp3) is 0.933. The number of nitrogens with one attached hydrogen (secondary N) is 1. The van der Waals surface area contributed by atoms with Gasteiger partial charge in [-0.3, -0.25) is 4.79 Å². The molecule has 2 fully saturated rings. The van der Waals surface area contributed by atoms with Crippen molar-refractivity contribution in [1.82, 2.24) is 10.2 Å². The van der Waals surface area contributed by atoms with E-state index < -0.39 is 0 Å². The summed E-state index contributed by atoms with van der Waals surface area (Å²) in [5, 5.41) is 3.40. The van der Waals surface area contributed by atoms with E-state index in [1.165, 1.54) is 52.1 Å². The van der Waals surface area contributed by atoms with Crippen LogP contribution in [0.1, 0.15) is 51.4 Å². The van der Waals surface area contributed by atoms with Crippen LogP contribution in [0.25, 0.3) is 0 Å². The van der Waals surface area contributed by atoms with Crippen molar-refractivity contribution in [2.75, 3.05) is 20.7 Å². The molecule has 19 heavy (non-hydrogen) atoms. The minimum absolute atomic E-state index is 0.107. The molecule has 2 rings (SSSR count). The molecule has 0 aromatic rings. The lowest BCUT2D eigenvalue weighted by molar-refractivity contribution is -0.143. The summed E-state index contributed by atoms with van der Waals surface area (Å²) in [4.78, 5) is 14.2. The van der Waals surface area contributed by atoms with Gasteiger partial charge in [0.25, 0.3) is 0 Å². The molecule has 0 bridgehead atoms. The third-order valence-corrected chi connectivity index (χ3v) is 4.47. The fourth-order valence-electron chi connectivity index (χ4n) is 2.98. The van der Waals surface area contributed by atoms with Crippen LogP contribution in [0.3, 0.4) is 0 Å². The van der Waals surface area contributed by atoms with E-state index in [4.69, 9.17) is 4.74 Å². The zero-order chi connectivity index (χ0) is 13.7. The standard InChI is InChI=1S/C15H28N2O2/c1-17(13-6-4-3-5-7-13)11-10-14(15(18)19-2)16-12-8-9-12/h12-14,16H,3-11H2,1-2H3. The number of hydrogen-bond donors (Lipinski definition) is 1. The first-order chi connectivity index (χ1) is 9.20. The van der Waals surface area contributed by atoms with Gasteiger partial charge in [0.05, 0.1) is 7.11 Å². The average Bonchev–Trinajstić information content (AvgIpc) is 3.27. The Hall–Kier alpha value is -0.610. The van der Waals surface area contributed by atoms with Crippen molar-refractivity contribution in [2.24, 2.45) is 0 Å². The average molecular weight is 268 g/mol. The molecule has 110 valence electrons. The summed E-state index contributed by atoms with van der Waals surface area (Å²) in [6.07, 6.45) is 9.99. The molecule has 0 aromatic carbocycles. The molecule has 0 amide bonds. The molecular formula is C15H28N2O2. The van der Waals surface area contributed by atoms with Gasteiger partial charge in [-0.2, -0.15) is 0 Å². The van der Waals surface area contributed by atoms with Crippen molar-refractivity contribution in [1.29, 1.82) is 0 Å². The van der Waals surface area contributed by atoms with Gasteiger partial charge >= 0.3 is 5.97 Å². The number of carbonyl (C=O) groups excluding carboxylic acids is 1. The van der Waals surface area contributed by atoms with Crippen LogP contribution in [0.2, 0.25) is 0 Å². The summed E-state index contributed by atoms with van der Waals surface area (Å²) in [5.74, 6) is -0.107. The molecule has 2 saturated carbocycles. The fourth-order valence-corrected chi connectivity index (χ4v) is 2.98. The van der Waals surface area contributed by atoms with Gasteiger partial charge in [0, 0.05) is 18.6 Å². The molecule has 0 spiro atoms. The highest BCUT2D eigenvalue weighted by molar-refractivity contribution is 5.75. The molecule has 4 nitrogen and oxygen atoms in total. The smallest absolute Gasteiger partial charge is 0.322 e. The molecule has 0 heterocycles. The van der Waals surface area contributed by atoms with Crippen molar-refractivity contribution in [3.05, 3.63) is 0 Å². The van der Waals surface area contributed by atoms with Gasteiger partial charge in [0.15, 0.2) is 0 Å².